The van der Waals surface area contributed by atoms with Crippen LogP contribution in [-0.2, 0) is 0 Å². The first-order valence-electron chi connectivity index (χ1n) is 28.0. The van der Waals surface area contributed by atoms with Crippen molar-refractivity contribution in [3.8, 4) is 57.8 Å². The van der Waals surface area contributed by atoms with Gasteiger partial charge < -0.3 is 67.0 Å². The number of likely N-dealkylation sites (tertiary alicyclic amines) is 2. The van der Waals surface area contributed by atoms with Crippen LogP contribution in [0.3, 0.4) is 0 Å². The third-order valence-electron chi connectivity index (χ3n) is 15.5. The number of methoxy groups -OCH3 is 2. The fourth-order valence-electron chi connectivity index (χ4n) is 11.2. The Morgan fingerprint density at radius 1 is 0.462 bits per heavy atom. The molecule has 412 valence electrons. The molecule has 2 aromatic heterocycles. The molecule has 0 aliphatic carbocycles. The smallest absolute Gasteiger partial charge is 0.231 e. The van der Waals surface area contributed by atoms with Crippen molar-refractivity contribution < 1.29 is 47.4 Å². The average Bonchev–Trinajstić information content (AvgIpc) is 4.45. The summed E-state index contributed by atoms with van der Waals surface area (Å²) in [4.78, 5) is 19.6. The van der Waals surface area contributed by atoms with Crippen molar-refractivity contribution >= 4 is 64.9 Å². The molecular formula is C62H74N6O10. The predicted octanol–water partition coefficient (Wildman–Crippen LogP) is 10.9. The summed E-state index contributed by atoms with van der Waals surface area (Å²) in [5.74, 6) is 7.01. The molecule has 0 bridgehead atoms. The molecule has 8 aromatic rings. The van der Waals surface area contributed by atoms with Crippen molar-refractivity contribution in [1.82, 2.24) is 29.6 Å². The zero-order chi connectivity index (χ0) is 53.5. The molecule has 2 fully saturated rings. The van der Waals surface area contributed by atoms with E-state index in [1.165, 1.54) is 51.9 Å². The molecule has 16 nitrogen and oxygen atoms in total. The SMILES string of the molecule is CCN(CC)CCOc1cc2c(cc1OC)c(OCCCN1CCCC1)nc1c3cc4c(cc3ccc21)OCO4.COc1cc2c(OCCCN3CCCC3)nc3c4cc5c(cc4ccc3c2cc1OCCN(C)C)OCO5. The van der Waals surface area contributed by atoms with Gasteiger partial charge in [0.05, 0.1) is 38.5 Å². The minimum absolute atomic E-state index is 0.235. The third-order valence-corrected chi connectivity index (χ3v) is 15.5. The zero-order valence-corrected chi connectivity index (χ0v) is 46.3. The van der Waals surface area contributed by atoms with Gasteiger partial charge in [0.25, 0.3) is 0 Å². The summed E-state index contributed by atoms with van der Waals surface area (Å²) >= 11 is 0. The van der Waals surface area contributed by atoms with Gasteiger partial charge in [-0.25, -0.2) is 9.97 Å². The molecule has 4 aliphatic heterocycles. The molecule has 6 heterocycles. The summed E-state index contributed by atoms with van der Waals surface area (Å²) in [7, 11) is 7.41. The van der Waals surface area contributed by atoms with Crippen LogP contribution in [0.15, 0.2) is 72.8 Å². The quantitative estimate of drug-likeness (QED) is 0.0471. The summed E-state index contributed by atoms with van der Waals surface area (Å²) in [6.07, 6.45) is 7.09. The number of nitrogens with zero attached hydrogens (tertiary/aromatic N) is 6. The van der Waals surface area contributed by atoms with Gasteiger partial charge in [0.1, 0.15) is 13.2 Å². The highest BCUT2D eigenvalue weighted by Crippen LogP contribution is 2.46. The molecule has 6 aromatic carbocycles. The van der Waals surface area contributed by atoms with Gasteiger partial charge in [0, 0.05) is 69.3 Å². The van der Waals surface area contributed by atoms with E-state index >= 15 is 0 Å². The number of aromatic nitrogens is 2. The Morgan fingerprint density at radius 2 is 0.885 bits per heavy atom. The fraction of sp³-hybridized carbons (Fsp3) is 0.452. The van der Waals surface area contributed by atoms with Crippen molar-refractivity contribution in [2.24, 2.45) is 0 Å². The van der Waals surface area contributed by atoms with Gasteiger partial charge in [-0.1, -0.05) is 38.1 Å². The second-order valence-electron chi connectivity index (χ2n) is 20.7. The topological polar surface area (TPSA) is 131 Å². The van der Waals surface area contributed by atoms with E-state index < -0.39 is 0 Å². The highest BCUT2D eigenvalue weighted by molar-refractivity contribution is 6.18. The lowest BCUT2D eigenvalue weighted by Crippen LogP contribution is -2.27. The van der Waals surface area contributed by atoms with Crippen LogP contribution in [0.1, 0.15) is 52.4 Å². The molecular weight excluding hydrogens is 989 g/mol. The summed E-state index contributed by atoms with van der Waals surface area (Å²) < 4.78 is 59.4. The zero-order valence-electron chi connectivity index (χ0n) is 46.3. The first kappa shape index (κ1) is 53.0. The van der Waals surface area contributed by atoms with Gasteiger partial charge in [0.2, 0.25) is 25.3 Å². The highest BCUT2D eigenvalue weighted by atomic mass is 16.7. The van der Waals surface area contributed by atoms with E-state index in [0.717, 1.165) is 146 Å². The van der Waals surface area contributed by atoms with Crippen molar-refractivity contribution in [1.29, 1.82) is 0 Å². The molecule has 0 atom stereocenters. The van der Waals surface area contributed by atoms with Gasteiger partial charge in [-0.2, -0.15) is 0 Å². The summed E-state index contributed by atoms with van der Waals surface area (Å²) in [5.41, 5.74) is 1.74. The second kappa shape index (κ2) is 24.4. The Morgan fingerprint density at radius 3 is 1.31 bits per heavy atom. The number of benzene rings is 6. The molecule has 0 radical (unpaired) electrons. The van der Waals surface area contributed by atoms with Crippen LogP contribution < -0.4 is 47.4 Å². The molecule has 2 saturated heterocycles. The molecule has 16 heteroatoms. The molecule has 0 N–H and O–H groups in total. The molecule has 0 unspecified atom stereocenters. The molecule has 12 rings (SSSR count). The molecule has 78 heavy (non-hydrogen) atoms. The van der Waals surface area contributed by atoms with Gasteiger partial charge in [-0.05, 0) is 151 Å². The van der Waals surface area contributed by atoms with E-state index in [9.17, 15) is 0 Å². The number of pyridine rings is 2. The van der Waals surface area contributed by atoms with E-state index in [1.807, 2.05) is 50.5 Å². The standard InChI is InChI=1S/C32H39N3O5.C30H35N3O5/c1-4-34(5-2)14-16-37-29-19-25-23-10-9-22-17-28-30(40-21-39-28)18-24(22)31(23)33-32(26(25)20-27(29)36-3)38-15-8-13-35-11-6-7-12-35;1-32(2)12-14-35-27-17-23-21-8-7-20-15-26-28(38-19-37-26)16-22(20)29(21)31-30(24(23)18-25(27)34-3)36-13-6-11-33-9-4-5-10-33/h9-10,17-20H,4-8,11-16,21H2,1-3H3;7-8,15-18H,4-6,9-14,19H2,1-3H3. The lowest BCUT2D eigenvalue weighted by molar-refractivity contribution is 0.173. The monoisotopic (exact) mass is 1060 g/mol. The third kappa shape index (κ3) is 11.4. The van der Waals surface area contributed by atoms with Crippen molar-refractivity contribution in [3.63, 3.8) is 0 Å². The maximum Gasteiger partial charge on any atom is 0.231 e. The normalized spacial score (nSPS) is 15.2. The number of ether oxygens (including phenoxy) is 10. The number of rotatable bonds is 22. The van der Waals surface area contributed by atoms with Crippen LogP contribution in [0.4, 0.5) is 0 Å². The van der Waals surface area contributed by atoms with E-state index in [4.69, 9.17) is 57.3 Å². The Labute approximate surface area is 456 Å². The maximum absolute atomic E-state index is 6.41. The predicted molar refractivity (Wildman–Crippen MR) is 308 cm³/mol. The molecule has 0 saturated carbocycles. The van der Waals surface area contributed by atoms with Gasteiger partial charge in [-0.15, -0.1) is 0 Å². The lowest BCUT2D eigenvalue weighted by atomic mass is 10.0. The van der Waals surface area contributed by atoms with Gasteiger partial charge in [-0.3, -0.25) is 0 Å². The van der Waals surface area contributed by atoms with Crippen LogP contribution in [0.5, 0.6) is 57.8 Å². The Kier molecular flexibility index (Phi) is 16.6. The van der Waals surface area contributed by atoms with Gasteiger partial charge in [0.15, 0.2) is 46.0 Å². The Hall–Kier alpha value is -6.98. The van der Waals surface area contributed by atoms with E-state index in [0.29, 0.717) is 55.4 Å². The molecule has 4 aliphatic rings. The fourth-order valence-corrected chi connectivity index (χ4v) is 11.2. The van der Waals surface area contributed by atoms with Crippen LogP contribution in [0, 0.1) is 0 Å². The molecule has 0 spiro atoms. The summed E-state index contributed by atoms with van der Waals surface area (Å²) in [5, 5.41) is 10.0. The van der Waals surface area contributed by atoms with Crippen LogP contribution in [-0.4, -0.2) is 163 Å². The van der Waals surface area contributed by atoms with Crippen molar-refractivity contribution in [2.45, 2.75) is 52.4 Å². The first-order chi connectivity index (χ1) is 38.3. The minimum Gasteiger partial charge on any atom is -0.493 e. The second-order valence-corrected chi connectivity index (χ2v) is 20.7. The van der Waals surface area contributed by atoms with E-state index in [2.05, 4.69) is 69.8 Å². The lowest BCUT2D eigenvalue weighted by Gasteiger charge is -2.20. The Balaban J connectivity index is 0.000000166. The minimum atomic E-state index is 0.235. The van der Waals surface area contributed by atoms with Crippen molar-refractivity contribution in [2.75, 3.05) is 134 Å². The summed E-state index contributed by atoms with van der Waals surface area (Å²) in [6, 6.07) is 24.7. The Bertz CT molecular complexity index is 3410. The first-order valence-corrected chi connectivity index (χ1v) is 28.0. The molecule has 0 amide bonds. The van der Waals surface area contributed by atoms with E-state index in [-0.39, 0.29) is 13.6 Å². The maximum atomic E-state index is 6.41. The number of hydrogen-bond acceptors (Lipinski definition) is 16. The van der Waals surface area contributed by atoms with Crippen LogP contribution in [0.2, 0.25) is 0 Å². The van der Waals surface area contributed by atoms with E-state index in [1.54, 1.807) is 14.2 Å². The summed E-state index contributed by atoms with van der Waals surface area (Å²) in [6.45, 7) is 17.7. The van der Waals surface area contributed by atoms with Crippen LogP contribution >= 0.6 is 0 Å². The number of fused-ring (bicyclic) bond motifs is 12. The highest BCUT2D eigenvalue weighted by Gasteiger charge is 2.23. The van der Waals surface area contributed by atoms with Gasteiger partial charge >= 0.3 is 0 Å². The van der Waals surface area contributed by atoms with Crippen LogP contribution in [0.25, 0.3) is 64.9 Å². The number of likely N-dealkylation sites (N-methyl/N-ethyl adjacent to an activating group) is 2. The largest absolute Gasteiger partial charge is 0.493 e. The number of hydrogen-bond donors (Lipinski definition) is 0. The average molecular weight is 1060 g/mol. The van der Waals surface area contributed by atoms with Crippen molar-refractivity contribution in [3.05, 3.63) is 72.8 Å².